The lowest BCUT2D eigenvalue weighted by Gasteiger charge is -2.18. The molecule has 0 radical (unpaired) electrons. The van der Waals surface area contributed by atoms with Crippen LogP contribution in [0.3, 0.4) is 0 Å². The molecule has 0 spiro atoms. The van der Waals surface area contributed by atoms with Gasteiger partial charge in [0, 0.05) is 0 Å². The molecule has 2 heterocycles. The van der Waals surface area contributed by atoms with Gasteiger partial charge in [0.25, 0.3) is 0 Å². The third-order valence-corrected chi connectivity index (χ3v) is 3.39. The maximum Gasteiger partial charge on any atom is 0.508 e. The minimum absolute atomic E-state index is 0.00365. The molecule has 13 heteroatoms. The van der Waals surface area contributed by atoms with E-state index in [1.165, 1.54) is 18.0 Å². The Hall–Kier alpha value is -3.35. The zero-order chi connectivity index (χ0) is 21.2. The maximum atomic E-state index is 11.4. The number of nitrogen functional groups attached to an aromatic ring is 1. The number of hydrogen-bond donors (Lipinski definition) is 1. The van der Waals surface area contributed by atoms with Gasteiger partial charge in [-0.15, -0.1) is 0 Å². The number of anilines is 1. The van der Waals surface area contributed by atoms with Crippen LogP contribution in [0.5, 0.6) is 5.88 Å². The number of nitrogens with zero attached hydrogens (tertiary/aromatic N) is 4. The molecule has 0 amide bonds. The number of hydrogen-bond acceptors (Lipinski definition) is 12. The molecule has 160 valence electrons. The number of rotatable bonds is 10. The molecule has 2 aromatic rings. The van der Waals surface area contributed by atoms with E-state index in [1.54, 1.807) is 13.8 Å². The number of ether oxygens (including phenoxy) is 6. The van der Waals surface area contributed by atoms with Crippen molar-refractivity contribution in [2.24, 2.45) is 0 Å². The highest BCUT2D eigenvalue weighted by molar-refractivity contribution is 5.77. The monoisotopic (exact) mass is 413 g/mol. The number of carbonyl (C=O) groups excluding carboxylic acids is 2. The summed E-state index contributed by atoms with van der Waals surface area (Å²) < 4.78 is 31.6. The van der Waals surface area contributed by atoms with Gasteiger partial charge in [-0.25, -0.2) is 14.6 Å². The Bertz CT molecular complexity index is 805. The molecule has 0 bridgehead atoms. The Kier molecular flexibility index (Phi) is 8.21. The fourth-order valence-corrected chi connectivity index (χ4v) is 2.14. The van der Waals surface area contributed by atoms with Gasteiger partial charge in [-0.1, -0.05) is 0 Å². The molecule has 0 atom stereocenters. The highest BCUT2D eigenvalue weighted by Crippen LogP contribution is 2.21. The smallest absolute Gasteiger partial charge is 0.479 e. The predicted octanol–water partition coefficient (Wildman–Crippen LogP) is 1.11. The standard InChI is InChI=1S/C16H23N5O8/c1-4-25-15(22)27-6-10(7-28-16(23)26-5-2)29-9-21-8-18-11-12(21)19-14(17)20-13(11)24-3/h8,10H,4-7,9H2,1-3H3,(H2,17,19,20). The summed E-state index contributed by atoms with van der Waals surface area (Å²) in [6.07, 6.45) is -1.08. The Balaban J connectivity index is 2.05. The number of methoxy groups -OCH3 is 1. The summed E-state index contributed by atoms with van der Waals surface area (Å²) in [5.74, 6) is 0.225. The molecule has 2 N–H and O–H groups in total. The van der Waals surface area contributed by atoms with E-state index in [0.717, 1.165) is 0 Å². The van der Waals surface area contributed by atoms with Crippen molar-refractivity contribution in [2.75, 3.05) is 39.3 Å². The molecule has 13 nitrogen and oxygen atoms in total. The van der Waals surface area contributed by atoms with E-state index in [1.807, 2.05) is 0 Å². The molecule has 2 rings (SSSR count). The van der Waals surface area contributed by atoms with Crippen molar-refractivity contribution in [3.05, 3.63) is 6.33 Å². The lowest BCUT2D eigenvalue weighted by atomic mass is 10.4. The molecule has 0 aliphatic rings. The zero-order valence-electron chi connectivity index (χ0n) is 16.3. The van der Waals surface area contributed by atoms with Crippen LogP contribution in [0.1, 0.15) is 13.8 Å². The zero-order valence-corrected chi connectivity index (χ0v) is 16.3. The van der Waals surface area contributed by atoms with Gasteiger partial charge in [0.1, 0.15) is 26.0 Å². The lowest BCUT2D eigenvalue weighted by Crippen LogP contribution is -2.29. The van der Waals surface area contributed by atoms with E-state index < -0.39 is 18.4 Å². The Morgan fingerprint density at radius 2 is 1.69 bits per heavy atom. The van der Waals surface area contributed by atoms with E-state index in [9.17, 15) is 9.59 Å². The Morgan fingerprint density at radius 1 is 1.07 bits per heavy atom. The fourth-order valence-electron chi connectivity index (χ4n) is 2.14. The van der Waals surface area contributed by atoms with Crippen LogP contribution in [0.2, 0.25) is 0 Å². The van der Waals surface area contributed by atoms with Crippen LogP contribution in [0, 0.1) is 0 Å². The van der Waals surface area contributed by atoms with E-state index >= 15 is 0 Å². The van der Waals surface area contributed by atoms with Crippen molar-refractivity contribution >= 4 is 29.4 Å². The van der Waals surface area contributed by atoms with Crippen LogP contribution in [0.15, 0.2) is 6.33 Å². The van der Waals surface area contributed by atoms with Crippen molar-refractivity contribution in [1.82, 2.24) is 19.5 Å². The van der Waals surface area contributed by atoms with E-state index in [2.05, 4.69) is 15.0 Å². The summed E-state index contributed by atoms with van der Waals surface area (Å²) >= 11 is 0. The van der Waals surface area contributed by atoms with Crippen molar-refractivity contribution in [3.63, 3.8) is 0 Å². The molecule has 0 aromatic carbocycles. The van der Waals surface area contributed by atoms with Gasteiger partial charge >= 0.3 is 12.3 Å². The first-order valence-electron chi connectivity index (χ1n) is 8.71. The summed E-state index contributed by atoms with van der Waals surface area (Å²) in [4.78, 5) is 35.1. The van der Waals surface area contributed by atoms with Crippen molar-refractivity contribution in [1.29, 1.82) is 0 Å². The molecule has 0 saturated carbocycles. The van der Waals surface area contributed by atoms with Crippen molar-refractivity contribution in [2.45, 2.75) is 26.7 Å². The number of aromatic nitrogens is 4. The summed E-state index contributed by atoms with van der Waals surface area (Å²) in [6.45, 7) is 3.12. The molecule has 0 saturated heterocycles. The lowest BCUT2D eigenvalue weighted by molar-refractivity contribution is -0.0705. The van der Waals surface area contributed by atoms with Crippen LogP contribution < -0.4 is 10.5 Å². The molecule has 0 unspecified atom stereocenters. The largest absolute Gasteiger partial charge is 0.508 e. The highest BCUT2D eigenvalue weighted by Gasteiger charge is 2.19. The van der Waals surface area contributed by atoms with Crippen LogP contribution in [0.25, 0.3) is 11.2 Å². The fraction of sp³-hybridized carbons (Fsp3) is 0.562. The Morgan fingerprint density at radius 3 is 2.24 bits per heavy atom. The topological polar surface area (TPSA) is 159 Å². The summed E-state index contributed by atoms with van der Waals surface area (Å²) in [7, 11) is 1.44. The van der Waals surface area contributed by atoms with Crippen LogP contribution >= 0.6 is 0 Å². The van der Waals surface area contributed by atoms with Crippen LogP contribution in [0.4, 0.5) is 15.5 Å². The van der Waals surface area contributed by atoms with Gasteiger partial charge in [-0.2, -0.15) is 9.97 Å². The third kappa shape index (κ3) is 6.34. The SMILES string of the molecule is CCOC(=O)OCC(COC(=O)OCC)OCn1cnc2c(OC)nc(N)nc21. The second kappa shape index (κ2) is 10.8. The number of imidazole rings is 1. The first kappa shape index (κ1) is 21.9. The van der Waals surface area contributed by atoms with Crippen LogP contribution in [-0.2, 0) is 30.4 Å². The van der Waals surface area contributed by atoms with Gasteiger partial charge in [0.15, 0.2) is 11.2 Å². The molecule has 2 aromatic heterocycles. The minimum Gasteiger partial charge on any atom is -0.479 e. The quantitative estimate of drug-likeness (QED) is 0.553. The van der Waals surface area contributed by atoms with Gasteiger partial charge in [-0.05, 0) is 13.8 Å². The maximum absolute atomic E-state index is 11.4. The minimum atomic E-state index is -0.865. The highest BCUT2D eigenvalue weighted by atomic mass is 16.7. The predicted molar refractivity (Wildman–Crippen MR) is 97.1 cm³/mol. The van der Waals surface area contributed by atoms with Crippen LogP contribution in [-0.4, -0.2) is 71.5 Å². The third-order valence-electron chi connectivity index (χ3n) is 3.39. The Labute approximate surface area is 166 Å². The average molecular weight is 413 g/mol. The number of fused-ring (bicyclic) bond motifs is 1. The van der Waals surface area contributed by atoms with Crippen molar-refractivity contribution in [3.8, 4) is 5.88 Å². The second-order valence-electron chi connectivity index (χ2n) is 5.38. The summed E-state index contributed by atoms with van der Waals surface area (Å²) in [5, 5.41) is 0. The molecule has 0 aliphatic carbocycles. The molecule has 0 aliphatic heterocycles. The summed E-state index contributed by atoms with van der Waals surface area (Å²) in [6, 6.07) is 0. The number of nitrogens with two attached hydrogens (primary N) is 1. The molecular weight excluding hydrogens is 390 g/mol. The normalized spacial score (nSPS) is 10.8. The van der Waals surface area contributed by atoms with Gasteiger partial charge in [-0.3, -0.25) is 4.57 Å². The first-order chi connectivity index (χ1) is 14.0. The van der Waals surface area contributed by atoms with Gasteiger partial charge in [0.2, 0.25) is 11.8 Å². The molecular formula is C16H23N5O8. The van der Waals surface area contributed by atoms with Gasteiger partial charge < -0.3 is 34.2 Å². The van der Waals surface area contributed by atoms with E-state index in [-0.39, 0.29) is 45.0 Å². The number of carbonyl (C=O) groups is 2. The average Bonchev–Trinajstić information content (AvgIpc) is 3.10. The van der Waals surface area contributed by atoms with E-state index in [4.69, 9.17) is 34.2 Å². The van der Waals surface area contributed by atoms with Crippen molar-refractivity contribution < 1.29 is 38.0 Å². The molecule has 0 fully saturated rings. The first-order valence-corrected chi connectivity index (χ1v) is 8.71. The van der Waals surface area contributed by atoms with Gasteiger partial charge in [0.05, 0.1) is 26.7 Å². The van der Waals surface area contributed by atoms with E-state index in [0.29, 0.717) is 11.2 Å². The second-order valence-corrected chi connectivity index (χ2v) is 5.38. The molecule has 29 heavy (non-hydrogen) atoms. The summed E-state index contributed by atoms with van der Waals surface area (Å²) in [5.41, 5.74) is 6.45.